The van der Waals surface area contributed by atoms with Crippen LogP contribution >= 0.6 is 23.2 Å². The predicted octanol–water partition coefficient (Wildman–Crippen LogP) is 5.57. The zero-order valence-electron chi connectivity index (χ0n) is 12.1. The van der Waals surface area contributed by atoms with Crippen molar-refractivity contribution in [3.05, 3.63) is 39.4 Å². The first-order valence-electron chi connectivity index (χ1n) is 7.57. The van der Waals surface area contributed by atoms with Gasteiger partial charge in [-0.15, -0.1) is 0 Å². The zero-order valence-corrected chi connectivity index (χ0v) is 13.6. The van der Waals surface area contributed by atoms with Crippen LogP contribution in [-0.4, -0.2) is 13.1 Å². The maximum atomic E-state index is 6.30. The summed E-state index contributed by atoms with van der Waals surface area (Å²) < 4.78 is 0. The van der Waals surface area contributed by atoms with Crippen molar-refractivity contribution in [3.63, 3.8) is 0 Å². The third kappa shape index (κ3) is 4.51. The van der Waals surface area contributed by atoms with Crippen LogP contribution in [0.5, 0.6) is 0 Å². The molecule has 2 rings (SSSR count). The van der Waals surface area contributed by atoms with Gasteiger partial charge in [-0.05, 0) is 43.0 Å². The molecule has 1 aromatic rings. The first-order chi connectivity index (χ1) is 9.70. The Hall–Kier alpha value is -0.500. The van der Waals surface area contributed by atoms with Gasteiger partial charge in [-0.3, -0.25) is 0 Å². The Kier molecular flexibility index (Phi) is 6.41. The number of hydrogen-bond donors (Lipinski definition) is 1. The van der Waals surface area contributed by atoms with Gasteiger partial charge in [-0.1, -0.05) is 67.1 Å². The molecule has 0 radical (unpaired) electrons. The lowest BCUT2D eigenvalue weighted by molar-refractivity contribution is 0.397. The molecule has 0 aromatic heterocycles. The van der Waals surface area contributed by atoms with Gasteiger partial charge in [0.25, 0.3) is 0 Å². The molecule has 1 fully saturated rings. The van der Waals surface area contributed by atoms with Crippen LogP contribution < -0.4 is 5.32 Å². The molecule has 0 unspecified atom stereocenters. The molecule has 110 valence electrons. The van der Waals surface area contributed by atoms with Crippen LogP contribution in [0.4, 0.5) is 0 Å². The van der Waals surface area contributed by atoms with E-state index in [1.807, 2.05) is 18.2 Å². The topological polar surface area (TPSA) is 12.0 Å². The van der Waals surface area contributed by atoms with Crippen LogP contribution in [0.25, 0.3) is 6.08 Å². The lowest BCUT2D eigenvalue weighted by Crippen LogP contribution is -2.22. The van der Waals surface area contributed by atoms with Crippen LogP contribution in [0.3, 0.4) is 0 Å². The average molecular weight is 312 g/mol. The molecule has 3 heteroatoms. The molecular weight excluding hydrogens is 289 g/mol. The van der Waals surface area contributed by atoms with Crippen LogP contribution in [0.1, 0.15) is 44.6 Å². The minimum Gasteiger partial charge on any atom is -0.313 e. The third-order valence-corrected chi connectivity index (χ3v) is 4.57. The van der Waals surface area contributed by atoms with Gasteiger partial charge in [-0.2, -0.15) is 0 Å². The van der Waals surface area contributed by atoms with Gasteiger partial charge in [0.15, 0.2) is 0 Å². The van der Waals surface area contributed by atoms with E-state index in [1.165, 1.54) is 37.7 Å². The Balaban J connectivity index is 2.21. The van der Waals surface area contributed by atoms with Crippen molar-refractivity contribution in [1.82, 2.24) is 5.32 Å². The van der Waals surface area contributed by atoms with E-state index in [2.05, 4.69) is 18.3 Å². The highest BCUT2D eigenvalue weighted by atomic mass is 35.5. The lowest BCUT2D eigenvalue weighted by Gasteiger charge is -2.25. The van der Waals surface area contributed by atoms with E-state index in [-0.39, 0.29) is 0 Å². The summed E-state index contributed by atoms with van der Waals surface area (Å²) in [7, 11) is 0. The molecule has 0 amide bonds. The maximum absolute atomic E-state index is 6.30. The standard InChI is InChI=1S/C17H23Cl2N/c1-2-20-12-15(13-6-4-3-5-7-13)10-14-8-9-16(18)11-17(14)19/h8-11,13,20H,2-7,12H2,1H3/b15-10-. The Morgan fingerprint density at radius 1 is 1.25 bits per heavy atom. The minimum absolute atomic E-state index is 0.693. The summed E-state index contributed by atoms with van der Waals surface area (Å²) in [6.45, 7) is 4.10. The van der Waals surface area contributed by atoms with Gasteiger partial charge in [-0.25, -0.2) is 0 Å². The molecule has 0 heterocycles. The molecule has 0 saturated heterocycles. The summed E-state index contributed by atoms with van der Waals surface area (Å²) in [6, 6.07) is 5.74. The van der Waals surface area contributed by atoms with E-state index in [4.69, 9.17) is 23.2 Å². The lowest BCUT2D eigenvalue weighted by atomic mass is 9.83. The second-order valence-electron chi connectivity index (χ2n) is 5.50. The molecule has 1 aliphatic rings. The Labute approximate surface area is 132 Å². The molecule has 1 saturated carbocycles. The smallest absolute Gasteiger partial charge is 0.0493 e. The van der Waals surface area contributed by atoms with E-state index in [9.17, 15) is 0 Å². The molecule has 1 N–H and O–H groups in total. The summed E-state index contributed by atoms with van der Waals surface area (Å²) in [5.74, 6) is 0.703. The predicted molar refractivity (Wildman–Crippen MR) is 89.6 cm³/mol. The number of likely N-dealkylation sites (N-methyl/N-ethyl adjacent to an activating group) is 1. The molecule has 0 bridgehead atoms. The van der Waals surface area contributed by atoms with Crippen molar-refractivity contribution < 1.29 is 0 Å². The Morgan fingerprint density at radius 2 is 2.00 bits per heavy atom. The molecular formula is C17H23Cl2N. The summed E-state index contributed by atoms with van der Waals surface area (Å²) in [5, 5.41) is 4.89. The largest absolute Gasteiger partial charge is 0.313 e. The fourth-order valence-corrected chi connectivity index (χ4v) is 3.34. The van der Waals surface area contributed by atoms with Gasteiger partial charge in [0.2, 0.25) is 0 Å². The van der Waals surface area contributed by atoms with Gasteiger partial charge >= 0.3 is 0 Å². The van der Waals surface area contributed by atoms with Crippen LogP contribution in [0.2, 0.25) is 10.0 Å². The number of rotatable bonds is 5. The Morgan fingerprint density at radius 3 is 2.65 bits per heavy atom. The highest BCUT2D eigenvalue weighted by molar-refractivity contribution is 6.35. The monoisotopic (exact) mass is 311 g/mol. The zero-order chi connectivity index (χ0) is 14.4. The van der Waals surface area contributed by atoms with Crippen LogP contribution in [-0.2, 0) is 0 Å². The molecule has 0 atom stereocenters. The molecule has 1 aromatic carbocycles. The van der Waals surface area contributed by atoms with E-state index in [0.29, 0.717) is 10.9 Å². The summed E-state index contributed by atoms with van der Waals surface area (Å²) in [6.07, 6.45) is 8.96. The van der Waals surface area contributed by atoms with Gasteiger partial charge in [0, 0.05) is 16.6 Å². The van der Waals surface area contributed by atoms with E-state index in [1.54, 1.807) is 0 Å². The third-order valence-electron chi connectivity index (χ3n) is 4.01. The van der Waals surface area contributed by atoms with Crippen molar-refractivity contribution >= 4 is 29.3 Å². The van der Waals surface area contributed by atoms with E-state index < -0.39 is 0 Å². The number of benzene rings is 1. The highest BCUT2D eigenvalue weighted by Gasteiger charge is 2.17. The fraction of sp³-hybridized carbons (Fsp3) is 0.529. The minimum atomic E-state index is 0.693. The SMILES string of the molecule is CCNC/C(=C/c1ccc(Cl)cc1Cl)C1CCCCC1. The quantitative estimate of drug-likeness (QED) is 0.750. The maximum Gasteiger partial charge on any atom is 0.0493 e. The highest BCUT2D eigenvalue weighted by Crippen LogP contribution is 2.32. The normalized spacial score (nSPS) is 17.4. The number of nitrogens with one attached hydrogen (secondary N) is 1. The summed E-state index contributed by atoms with van der Waals surface area (Å²) in [4.78, 5) is 0. The van der Waals surface area contributed by atoms with E-state index >= 15 is 0 Å². The summed E-state index contributed by atoms with van der Waals surface area (Å²) in [5.41, 5.74) is 2.56. The van der Waals surface area contributed by atoms with Crippen LogP contribution in [0, 0.1) is 5.92 Å². The molecule has 0 aliphatic heterocycles. The van der Waals surface area contributed by atoms with Crippen molar-refractivity contribution in [3.8, 4) is 0 Å². The number of hydrogen-bond acceptors (Lipinski definition) is 1. The molecule has 1 nitrogen and oxygen atoms in total. The molecule has 1 aliphatic carbocycles. The Bertz CT molecular complexity index is 462. The van der Waals surface area contributed by atoms with E-state index in [0.717, 1.165) is 23.7 Å². The van der Waals surface area contributed by atoms with Crippen molar-refractivity contribution in [2.75, 3.05) is 13.1 Å². The van der Waals surface area contributed by atoms with Crippen molar-refractivity contribution in [2.45, 2.75) is 39.0 Å². The van der Waals surface area contributed by atoms with Crippen LogP contribution in [0.15, 0.2) is 23.8 Å². The number of halogens is 2. The fourth-order valence-electron chi connectivity index (χ4n) is 2.87. The average Bonchev–Trinajstić information content (AvgIpc) is 2.46. The van der Waals surface area contributed by atoms with Crippen molar-refractivity contribution in [2.24, 2.45) is 5.92 Å². The molecule has 20 heavy (non-hydrogen) atoms. The van der Waals surface area contributed by atoms with Crippen molar-refractivity contribution in [1.29, 1.82) is 0 Å². The first-order valence-corrected chi connectivity index (χ1v) is 8.32. The molecule has 0 spiro atoms. The first kappa shape index (κ1) is 15.9. The van der Waals surface area contributed by atoms with Gasteiger partial charge in [0.1, 0.15) is 0 Å². The summed E-state index contributed by atoms with van der Waals surface area (Å²) >= 11 is 12.3. The van der Waals surface area contributed by atoms with Gasteiger partial charge in [0.05, 0.1) is 0 Å². The second-order valence-corrected chi connectivity index (χ2v) is 6.34. The van der Waals surface area contributed by atoms with Gasteiger partial charge < -0.3 is 5.32 Å². The second kappa shape index (κ2) is 8.07.